The van der Waals surface area contributed by atoms with E-state index in [0.717, 1.165) is 31.2 Å². The molecule has 1 atom stereocenters. The summed E-state index contributed by atoms with van der Waals surface area (Å²) in [5.74, 6) is -0.466. The molecule has 1 N–H and O–H groups in total. The fourth-order valence-electron chi connectivity index (χ4n) is 3.19. The van der Waals surface area contributed by atoms with Crippen molar-refractivity contribution in [1.82, 2.24) is 9.62 Å². The van der Waals surface area contributed by atoms with Crippen molar-refractivity contribution in [3.8, 4) is 0 Å². The van der Waals surface area contributed by atoms with E-state index in [9.17, 15) is 18.0 Å². The van der Waals surface area contributed by atoms with Crippen molar-refractivity contribution >= 4 is 21.9 Å². The van der Waals surface area contributed by atoms with E-state index in [-0.39, 0.29) is 29.9 Å². The minimum absolute atomic E-state index is 0.0142. The summed E-state index contributed by atoms with van der Waals surface area (Å²) in [5, 5.41) is 2.78. The number of benzene rings is 1. The van der Waals surface area contributed by atoms with Gasteiger partial charge in [0.15, 0.2) is 6.61 Å². The quantitative estimate of drug-likeness (QED) is 0.599. The Bertz CT molecular complexity index is 797. The second-order valence-corrected chi connectivity index (χ2v) is 10.2. The second kappa shape index (κ2) is 11.5. The van der Waals surface area contributed by atoms with Gasteiger partial charge in [-0.2, -0.15) is 4.31 Å². The predicted molar refractivity (Wildman–Crippen MR) is 115 cm³/mol. The molecule has 1 aromatic carbocycles. The normalized spacial score (nSPS) is 16.7. The van der Waals surface area contributed by atoms with Crippen molar-refractivity contribution < 1.29 is 22.7 Å². The van der Waals surface area contributed by atoms with Gasteiger partial charge in [-0.05, 0) is 49.8 Å². The number of esters is 1. The van der Waals surface area contributed by atoms with Crippen LogP contribution in [0.1, 0.15) is 58.4 Å². The summed E-state index contributed by atoms with van der Waals surface area (Å²) in [7, 11) is -3.47. The van der Waals surface area contributed by atoms with Gasteiger partial charge in [0.05, 0.1) is 4.90 Å². The smallest absolute Gasteiger partial charge is 0.306 e. The van der Waals surface area contributed by atoms with Gasteiger partial charge in [0.25, 0.3) is 5.91 Å². The highest BCUT2D eigenvalue weighted by atomic mass is 32.2. The van der Waals surface area contributed by atoms with Gasteiger partial charge in [-0.15, -0.1) is 0 Å². The number of hydrogen-bond donors (Lipinski definition) is 1. The lowest BCUT2D eigenvalue weighted by atomic mass is 10.1. The van der Waals surface area contributed by atoms with Crippen LogP contribution in [-0.4, -0.2) is 50.3 Å². The Balaban J connectivity index is 1.81. The van der Waals surface area contributed by atoms with Crippen LogP contribution in [-0.2, 0) is 30.8 Å². The average molecular weight is 439 g/mol. The number of amides is 1. The lowest BCUT2D eigenvalue weighted by Crippen LogP contribution is -2.38. The number of carbonyl (C=O) groups is 2. The molecule has 1 fully saturated rings. The first-order valence-corrected chi connectivity index (χ1v) is 12.2. The van der Waals surface area contributed by atoms with Gasteiger partial charge in [0.2, 0.25) is 10.0 Å². The third kappa shape index (κ3) is 7.40. The number of nitrogens with one attached hydrogen (secondary N) is 1. The standard InChI is InChI=1S/C22H34N2O5S/c1-17(2)18(3)23-21(25)16-29-22(26)13-10-19-8-11-20(12-9-19)30(27,28)24-14-6-4-5-7-15-24/h8-9,11-12,17-18H,4-7,10,13-16H2,1-3H3,(H,23,25)/t18-/m0/s1. The van der Waals surface area contributed by atoms with Crippen LogP contribution in [0.3, 0.4) is 0 Å². The largest absolute Gasteiger partial charge is 0.456 e. The van der Waals surface area contributed by atoms with E-state index in [1.54, 1.807) is 28.6 Å². The Morgan fingerprint density at radius 3 is 2.20 bits per heavy atom. The Hall–Kier alpha value is -1.93. The summed E-state index contributed by atoms with van der Waals surface area (Å²) >= 11 is 0. The van der Waals surface area contributed by atoms with Crippen LogP contribution >= 0.6 is 0 Å². The van der Waals surface area contributed by atoms with E-state index in [1.807, 2.05) is 20.8 Å². The zero-order valence-corrected chi connectivity index (χ0v) is 19.0. The average Bonchev–Trinajstić information content (AvgIpc) is 3.01. The molecule has 0 spiro atoms. The summed E-state index contributed by atoms with van der Waals surface area (Å²) in [5.41, 5.74) is 0.847. The molecule has 30 heavy (non-hydrogen) atoms. The van der Waals surface area contributed by atoms with E-state index < -0.39 is 16.0 Å². The van der Waals surface area contributed by atoms with E-state index >= 15 is 0 Å². The monoisotopic (exact) mass is 438 g/mol. The number of hydrogen-bond acceptors (Lipinski definition) is 5. The first kappa shape index (κ1) is 24.3. The van der Waals surface area contributed by atoms with Crippen molar-refractivity contribution in [3.05, 3.63) is 29.8 Å². The highest BCUT2D eigenvalue weighted by molar-refractivity contribution is 7.89. The molecule has 0 unspecified atom stereocenters. The number of carbonyl (C=O) groups excluding carboxylic acids is 2. The third-order valence-corrected chi connectivity index (χ3v) is 7.41. The third-order valence-electron chi connectivity index (χ3n) is 5.50. The molecule has 0 aromatic heterocycles. The van der Waals surface area contributed by atoms with Gasteiger partial charge in [-0.3, -0.25) is 9.59 Å². The predicted octanol–water partition coefficient (Wildman–Crippen LogP) is 2.89. The number of ether oxygens (including phenoxy) is 1. The highest BCUT2D eigenvalue weighted by Gasteiger charge is 2.25. The summed E-state index contributed by atoms with van der Waals surface area (Å²) in [6, 6.07) is 6.67. The van der Waals surface area contributed by atoms with Crippen LogP contribution in [0.15, 0.2) is 29.2 Å². The molecular weight excluding hydrogens is 404 g/mol. The van der Waals surface area contributed by atoms with E-state index in [2.05, 4.69) is 5.32 Å². The SMILES string of the molecule is CC(C)[C@H](C)NC(=O)COC(=O)CCc1ccc(S(=O)(=O)N2CCCCCC2)cc1. The van der Waals surface area contributed by atoms with Gasteiger partial charge in [-0.1, -0.05) is 38.8 Å². The molecular formula is C22H34N2O5S. The van der Waals surface area contributed by atoms with Crippen molar-refractivity contribution in [2.45, 2.75) is 70.2 Å². The van der Waals surface area contributed by atoms with Crippen molar-refractivity contribution in [3.63, 3.8) is 0 Å². The summed E-state index contributed by atoms with van der Waals surface area (Å²) in [4.78, 5) is 24.0. The number of aryl methyl sites for hydroxylation is 1. The minimum atomic E-state index is -3.47. The minimum Gasteiger partial charge on any atom is -0.456 e. The fraction of sp³-hybridized carbons (Fsp3) is 0.636. The highest BCUT2D eigenvalue weighted by Crippen LogP contribution is 2.21. The lowest BCUT2D eigenvalue weighted by molar-refractivity contribution is -0.148. The molecule has 1 aromatic rings. The lowest BCUT2D eigenvalue weighted by Gasteiger charge is -2.20. The van der Waals surface area contributed by atoms with Crippen LogP contribution in [0.5, 0.6) is 0 Å². The topological polar surface area (TPSA) is 92.8 Å². The maximum atomic E-state index is 12.8. The van der Waals surface area contributed by atoms with Gasteiger partial charge in [-0.25, -0.2) is 8.42 Å². The van der Waals surface area contributed by atoms with Crippen LogP contribution < -0.4 is 5.32 Å². The molecule has 0 aliphatic carbocycles. The molecule has 168 valence electrons. The van der Waals surface area contributed by atoms with Crippen LogP contribution in [0.25, 0.3) is 0 Å². The number of rotatable bonds is 9. The summed E-state index contributed by atoms with van der Waals surface area (Å²) in [6.45, 7) is 6.76. The zero-order valence-electron chi connectivity index (χ0n) is 18.2. The molecule has 2 rings (SSSR count). The first-order chi connectivity index (χ1) is 14.2. The number of nitrogens with zero attached hydrogens (tertiary/aromatic N) is 1. The van der Waals surface area contributed by atoms with Gasteiger partial charge < -0.3 is 10.1 Å². The molecule has 0 radical (unpaired) electrons. The Labute approximate surface area is 180 Å². The van der Waals surface area contributed by atoms with Crippen LogP contribution in [0.2, 0.25) is 0 Å². The molecule has 8 heteroatoms. The Kier molecular flexibility index (Phi) is 9.30. The van der Waals surface area contributed by atoms with Crippen LogP contribution in [0, 0.1) is 5.92 Å². The van der Waals surface area contributed by atoms with Gasteiger partial charge in [0, 0.05) is 25.6 Å². The molecule has 1 aliphatic heterocycles. The first-order valence-electron chi connectivity index (χ1n) is 10.7. The van der Waals surface area contributed by atoms with E-state index in [1.165, 1.54) is 0 Å². The fourth-order valence-corrected chi connectivity index (χ4v) is 4.70. The molecule has 7 nitrogen and oxygen atoms in total. The van der Waals surface area contributed by atoms with Gasteiger partial charge >= 0.3 is 5.97 Å². The van der Waals surface area contributed by atoms with E-state index in [0.29, 0.717) is 25.4 Å². The van der Waals surface area contributed by atoms with E-state index in [4.69, 9.17) is 4.74 Å². The molecule has 0 saturated carbocycles. The Morgan fingerprint density at radius 2 is 1.63 bits per heavy atom. The maximum absolute atomic E-state index is 12.8. The van der Waals surface area contributed by atoms with Crippen molar-refractivity contribution in [2.75, 3.05) is 19.7 Å². The maximum Gasteiger partial charge on any atom is 0.306 e. The second-order valence-electron chi connectivity index (χ2n) is 8.22. The molecule has 1 saturated heterocycles. The number of sulfonamides is 1. The van der Waals surface area contributed by atoms with Crippen molar-refractivity contribution in [2.24, 2.45) is 5.92 Å². The Morgan fingerprint density at radius 1 is 1.03 bits per heavy atom. The molecule has 1 heterocycles. The summed E-state index contributed by atoms with van der Waals surface area (Å²) < 4.78 is 32.2. The molecule has 1 amide bonds. The van der Waals surface area contributed by atoms with Crippen molar-refractivity contribution in [1.29, 1.82) is 0 Å². The summed E-state index contributed by atoms with van der Waals surface area (Å²) in [6.07, 6.45) is 4.48. The molecule has 0 bridgehead atoms. The molecule has 1 aliphatic rings. The zero-order chi connectivity index (χ0) is 22.1. The van der Waals surface area contributed by atoms with Crippen LogP contribution in [0.4, 0.5) is 0 Å². The van der Waals surface area contributed by atoms with Gasteiger partial charge in [0.1, 0.15) is 0 Å².